The summed E-state index contributed by atoms with van der Waals surface area (Å²) in [5.41, 5.74) is 4.27. The second-order valence-electron chi connectivity index (χ2n) is 8.67. The average Bonchev–Trinajstić information content (AvgIpc) is 3.38. The summed E-state index contributed by atoms with van der Waals surface area (Å²) in [5, 5.41) is 16.8. The van der Waals surface area contributed by atoms with Crippen LogP contribution in [0.25, 0.3) is 16.7 Å². The highest BCUT2D eigenvalue weighted by Crippen LogP contribution is 2.28. The summed E-state index contributed by atoms with van der Waals surface area (Å²) < 4.78 is 1.56. The van der Waals surface area contributed by atoms with Gasteiger partial charge in [-0.3, -0.25) is 19.0 Å². The summed E-state index contributed by atoms with van der Waals surface area (Å²) in [6.45, 7) is 7.77. The number of aromatic nitrogens is 2. The van der Waals surface area contributed by atoms with Crippen LogP contribution in [0.4, 0.5) is 5.69 Å². The van der Waals surface area contributed by atoms with Crippen LogP contribution in [-0.2, 0) is 20.8 Å². The van der Waals surface area contributed by atoms with Crippen LogP contribution in [0.5, 0.6) is 0 Å². The Morgan fingerprint density at radius 1 is 1.03 bits per heavy atom. The van der Waals surface area contributed by atoms with Crippen molar-refractivity contribution in [2.24, 2.45) is 0 Å². The van der Waals surface area contributed by atoms with E-state index in [9.17, 15) is 19.2 Å². The number of H-pyrrole nitrogens is 1. The molecule has 0 saturated carbocycles. The van der Waals surface area contributed by atoms with Gasteiger partial charge in [-0.05, 0) is 43.5 Å². The van der Waals surface area contributed by atoms with Crippen LogP contribution in [0.2, 0.25) is 0 Å². The van der Waals surface area contributed by atoms with Crippen molar-refractivity contribution in [3.05, 3.63) is 71.2 Å². The number of unbranched alkanes of at least 4 members (excludes halogenated alkanes) is 1. The molecule has 1 amide bonds. The first-order valence-corrected chi connectivity index (χ1v) is 12.3. The Morgan fingerprint density at radius 2 is 1.70 bits per heavy atom. The fourth-order valence-electron chi connectivity index (χ4n) is 3.84. The van der Waals surface area contributed by atoms with E-state index in [-0.39, 0.29) is 30.4 Å². The van der Waals surface area contributed by atoms with Gasteiger partial charge in [0.1, 0.15) is 6.61 Å². The number of carboxylic acids is 1. The Balaban J connectivity index is 0.000000207. The highest BCUT2D eigenvalue weighted by molar-refractivity contribution is 6.01. The topological polar surface area (TPSA) is 133 Å². The molecule has 0 unspecified atom stereocenters. The SMILES string of the molecule is C=C(C)n1c(=O)[nH]c2ccccc21.CCCCC(=O)CO.O=C(O)CCCN1C(=O)Cc2ccccc21. The van der Waals surface area contributed by atoms with Crippen LogP contribution in [0.15, 0.2) is 59.9 Å². The summed E-state index contributed by atoms with van der Waals surface area (Å²) in [7, 11) is 0. The molecule has 37 heavy (non-hydrogen) atoms. The van der Waals surface area contributed by atoms with Gasteiger partial charge >= 0.3 is 11.7 Å². The normalized spacial score (nSPS) is 11.8. The van der Waals surface area contributed by atoms with E-state index in [4.69, 9.17) is 10.2 Å². The van der Waals surface area contributed by atoms with Gasteiger partial charge in [0.15, 0.2) is 5.78 Å². The number of para-hydroxylation sites is 3. The van der Waals surface area contributed by atoms with E-state index in [1.54, 1.807) is 9.47 Å². The number of anilines is 1. The maximum absolute atomic E-state index is 11.7. The number of ketones is 1. The number of aliphatic carboxylic acids is 1. The van der Waals surface area contributed by atoms with Crippen LogP contribution in [-0.4, -0.2) is 50.6 Å². The summed E-state index contributed by atoms with van der Waals surface area (Å²) in [6, 6.07) is 15.2. The van der Waals surface area contributed by atoms with Gasteiger partial charge in [-0.25, -0.2) is 4.79 Å². The van der Waals surface area contributed by atoms with Gasteiger partial charge < -0.3 is 20.1 Å². The lowest BCUT2D eigenvalue weighted by molar-refractivity contribution is -0.137. The van der Waals surface area contributed by atoms with E-state index in [1.165, 1.54) is 0 Å². The number of aliphatic hydroxyl groups is 1. The number of nitrogens with zero attached hydrogens (tertiary/aromatic N) is 2. The highest BCUT2D eigenvalue weighted by atomic mass is 16.4. The second kappa shape index (κ2) is 14.5. The van der Waals surface area contributed by atoms with Crippen molar-refractivity contribution in [2.45, 2.75) is 52.4 Å². The Kier molecular flexibility index (Phi) is 11.5. The molecule has 0 aliphatic carbocycles. The van der Waals surface area contributed by atoms with Gasteiger partial charge in [-0.15, -0.1) is 0 Å². The zero-order valence-corrected chi connectivity index (χ0v) is 21.4. The number of hydrogen-bond donors (Lipinski definition) is 3. The van der Waals surface area contributed by atoms with Gasteiger partial charge in [0, 0.05) is 30.8 Å². The maximum atomic E-state index is 11.7. The van der Waals surface area contributed by atoms with Crippen molar-refractivity contribution in [3.63, 3.8) is 0 Å². The minimum absolute atomic E-state index is 0.0492. The molecule has 198 valence electrons. The fraction of sp³-hybridized carbons (Fsp3) is 0.357. The molecule has 1 aromatic heterocycles. The molecule has 9 nitrogen and oxygen atoms in total. The van der Waals surface area contributed by atoms with Crippen molar-refractivity contribution in [2.75, 3.05) is 18.1 Å². The predicted octanol–water partition coefficient (Wildman–Crippen LogP) is 4.00. The Bertz CT molecular complexity index is 1290. The number of fused-ring (bicyclic) bond motifs is 2. The number of amides is 1. The maximum Gasteiger partial charge on any atom is 0.330 e. The molecule has 2 heterocycles. The number of nitrogens with one attached hydrogen (secondary N) is 1. The van der Waals surface area contributed by atoms with Gasteiger partial charge in [0.05, 0.1) is 17.5 Å². The highest BCUT2D eigenvalue weighted by Gasteiger charge is 2.26. The van der Waals surface area contributed by atoms with E-state index < -0.39 is 5.97 Å². The molecule has 9 heteroatoms. The first-order chi connectivity index (χ1) is 17.7. The number of aromatic amines is 1. The van der Waals surface area contributed by atoms with E-state index in [2.05, 4.69) is 11.6 Å². The lowest BCUT2D eigenvalue weighted by Gasteiger charge is -2.16. The number of carboxylic acid groups (broad SMARTS) is 1. The molecule has 1 aliphatic rings. The smallest absolute Gasteiger partial charge is 0.330 e. The molecule has 0 saturated heterocycles. The first-order valence-electron chi connectivity index (χ1n) is 12.3. The second-order valence-corrected chi connectivity index (χ2v) is 8.67. The van der Waals surface area contributed by atoms with Crippen LogP contribution in [0, 0.1) is 0 Å². The zero-order valence-electron chi connectivity index (χ0n) is 21.4. The predicted molar refractivity (Wildman–Crippen MR) is 145 cm³/mol. The molecule has 4 rings (SSSR count). The van der Waals surface area contributed by atoms with Crippen LogP contribution in [0.1, 0.15) is 51.5 Å². The third-order valence-electron chi connectivity index (χ3n) is 5.65. The molecule has 3 aromatic rings. The standard InChI is InChI=1S/C12H13NO3.C10H10N2O.C6H12O2/c14-11-8-9-4-1-2-5-10(9)13(11)7-3-6-12(15)16;1-7(2)12-9-6-4-3-5-8(9)11-10(12)13;1-2-3-4-6(8)5-7/h1-2,4-5H,3,6-8H2,(H,15,16);3-6H,1H2,2H3,(H,11,13);7H,2-5H2,1H3. The molecular formula is C28H35N3O6. The summed E-state index contributed by atoms with van der Waals surface area (Å²) in [4.78, 5) is 48.3. The lowest BCUT2D eigenvalue weighted by Crippen LogP contribution is -2.28. The number of hydrogen-bond acceptors (Lipinski definition) is 5. The van der Waals surface area contributed by atoms with Crippen LogP contribution < -0.4 is 10.6 Å². The number of benzene rings is 2. The fourth-order valence-corrected chi connectivity index (χ4v) is 3.84. The first kappa shape index (κ1) is 29.3. The number of carbonyl (C=O) groups is 3. The molecule has 0 radical (unpaired) electrons. The minimum atomic E-state index is -0.820. The third kappa shape index (κ3) is 8.57. The average molecular weight is 510 g/mol. The van der Waals surface area contributed by atoms with Crippen molar-refractivity contribution in [1.82, 2.24) is 9.55 Å². The number of imidazole rings is 1. The summed E-state index contributed by atoms with van der Waals surface area (Å²) in [5.74, 6) is -0.807. The molecule has 2 aromatic carbocycles. The van der Waals surface area contributed by atoms with Crippen molar-refractivity contribution in [3.8, 4) is 0 Å². The largest absolute Gasteiger partial charge is 0.481 e. The molecule has 0 fully saturated rings. The van der Waals surface area contributed by atoms with Gasteiger partial charge in [-0.2, -0.15) is 0 Å². The van der Waals surface area contributed by atoms with Crippen LogP contribution >= 0.6 is 0 Å². The molecule has 0 spiro atoms. The quantitative estimate of drug-likeness (QED) is 0.399. The lowest BCUT2D eigenvalue weighted by atomic mass is 10.2. The minimum Gasteiger partial charge on any atom is -0.481 e. The zero-order chi connectivity index (χ0) is 27.4. The van der Waals surface area contributed by atoms with Gasteiger partial charge in [0.25, 0.3) is 0 Å². The molecule has 1 aliphatic heterocycles. The van der Waals surface area contributed by atoms with E-state index >= 15 is 0 Å². The van der Waals surface area contributed by atoms with Gasteiger partial charge in [-0.1, -0.05) is 50.3 Å². The molecule has 0 bridgehead atoms. The van der Waals surface area contributed by atoms with Crippen molar-refractivity contribution < 1.29 is 24.6 Å². The Hall–Kier alpha value is -3.98. The summed E-state index contributed by atoms with van der Waals surface area (Å²) >= 11 is 0. The van der Waals surface area contributed by atoms with Crippen molar-refractivity contribution in [1.29, 1.82) is 0 Å². The Morgan fingerprint density at radius 3 is 2.35 bits per heavy atom. The number of carbonyl (C=O) groups excluding carboxylic acids is 2. The van der Waals surface area contributed by atoms with E-state index in [0.717, 1.165) is 40.8 Å². The molecular weight excluding hydrogens is 474 g/mol. The summed E-state index contributed by atoms with van der Waals surface area (Å²) in [6.07, 6.45) is 3.49. The number of rotatable bonds is 9. The monoisotopic (exact) mass is 509 g/mol. The molecule has 3 N–H and O–H groups in total. The van der Waals surface area contributed by atoms with Crippen LogP contribution in [0.3, 0.4) is 0 Å². The number of Topliss-reactive ketones (excluding diaryl/α,β-unsaturated/α-hetero) is 1. The third-order valence-corrected chi connectivity index (χ3v) is 5.65. The number of allylic oxidation sites excluding steroid dienone is 1. The van der Waals surface area contributed by atoms with Gasteiger partial charge in [0.2, 0.25) is 5.91 Å². The van der Waals surface area contributed by atoms with E-state index in [1.807, 2.05) is 62.4 Å². The Labute approximate surface area is 216 Å². The molecule has 0 atom stereocenters. The number of aliphatic hydroxyl groups excluding tert-OH is 1. The van der Waals surface area contributed by atoms with Crippen molar-refractivity contribution >= 4 is 40.1 Å². The van der Waals surface area contributed by atoms with E-state index in [0.29, 0.717) is 25.8 Å².